The second-order valence-corrected chi connectivity index (χ2v) is 8.87. The Labute approximate surface area is 204 Å². The zero-order chi connectivity index (χ0) is 25.6. The molecular weight excluding hydrogens is 474 g/mol. The van der Waals surface area contributed by atoms with Crippen LogP contribution in [0.5, 0.6) is 34.5 Å². The van der Waals surface area contributed by atoms with E-state index < -0.39 is 10.0 Å². The lowest BCUT2D eigenvalue weighted by molar-refractivity contribution is 0.324. The average molecular weight is 502 g/mol. The lowest BCUT2D eigenvalue weighted by Gasteiger charge is -2.14. The van der Waals surface area contributed by atoms with Gasteiger partial charge in [-0.1, -0.05) is 12.2 Å². The van der Waals surface area contributed by atoms with Crippen molar-refractivity contribution >= 4 is 27.9 Å². The Bertz CT molecular complexity index is 1290. The first-order valence-corrected chi connectivity index (χ1v) is 11.8. The van der Waals surface area contributed by atoms with E-state index in [0.29, 0.717) is 34.1 Å². The van der Waals surface area contributed by atoms with Gasteiger partial charge in [0.05, 0.1) is 46.1 Å². The van der Waals surface area contributed by atoms with E-state index in [2.05, 4.69) is 4.72 Å². The van der Waals surface area contributed by atoms with E-state index in [1.165, 1.54) is 59.8 Å². The summed E-state index contributed by atoms with van der Waals surface area (Å²) in [5.74, 6) is 1.87. The van der Waals surface area contributed by atoms with E-state index in [1.807, 2.05) is 0 Å². The van der Waals surface area contributed by atoms with Crippen LogP contribution in [0.4, 0.5) is 5.69 Å². The topological polar surface area (TPSA) is 113 Å². The number of aromatic hydroxyl groups is 1. The van der Waals surface area contributed by atoms with Gasteiger partial charge >= 0.3 is 0 Å². The number of rotatable bonds is 10. The SMILES string of the molecule is COc1ccc(S(=O)(=O)Nc2cc(OC)c(O)cc2C=Cc2cc(OC)c(OC)c(OC)c2)cc1. The average Bonchev–Trinajstić information content (AvgIpc) is 2.87. The van der Waals surface area contributed by atoms with Crippen molar-refractivity contribution in [3.8, 4) is 34.5 Å². The molecule has 3 aromatic carbocycles. The molecular formula is C25H27NO8S. The van der Waals surface area contributed by atoms with E-state index in [4.69, 9.17) is 23.7 Å². The summed E-state index contributed by atoms with van der Waals surface area (Å²) in [6.07, 6.45) is 3.36. The maximum absolute atomic E-state index is 13.0. The van der Waals surface area contributed by atoms with Crippen LogP contribution in [0.25, 0.3) is 12.2 Å². The van der Waals surface area contributed by atoms with Crippen molar-refractivity contribution in [2.24, 2.45) is 0 Å². The monoisotopic (exact) mass is 501 g/mol. The molecule has 3 rings (SSSR count). The number of hydrogen-bond acceptors (Lipinski definition) is 8. The molecule has 35 heavy (non-hydrogen) atoms. The number of anilines is 1. The molecule has 0 amide bonds. The van der Waals surface area contributed by atoms with Gasteiger partial charge < -0.3 is 28.8 Å². The Morgan fingerprint density at radius 2 is 1.34 bits per heavy atom. The zero-order valence-corrected chi connectivity index (χ0v) is 20.8. The number of methoxy groups -OCH3 is 5. The van der Waals surface area contributed by atoms with Gasteiger partial charge in [-0.15, -0.1) is 0 Å². The summed E-state index contributed by atoms with van der Waals surface area (Å²) in [5, 5.41) is 10.3. The summed E-state index contributed by atoms with van der Waals surface area (Å²) in [7, 11) is 3.46. The van der Waals surface area contributed by atoms with Crippen LogP contribution in [0, 0.1) is 0 Å². The lowest BCUT2D eigenvalue weighted by Crippen LogP contribution is -2.13. The molecule has 0 aliphatic carbocycles. The normalized spacial score (nSPS) is 11.2. The molecule has 0 bridgehead atoms. The van der Waals surface area contributed by atoms with Gasteiger partial charge in [-0.25, -0.2) is 8.42 Å². The fraction of sp³-hybridized carbons (Fsp3) is 0.200. The minimum Gasteiger partial charge on any atom is -0.504 e. The Hall–Kier alpha value is -4.05. The van der Waals surface area contributed by atoms with Crippen LogP contribution in [0.15, 0.2) is 53.4 Å². The molecule has 3 aromatic rings. The fourth-order valence-electron chi connectivity index (χ4n) is 3.32. The smallest absolute Gasteiger partial charge is 0.261 e. The van der Waals surface area contributed by atoms with Crippen molar-refractivity contribution < 1.29 is 37.2 Å². The first kappa shape index (κ1) is 25.6. The van der Waals surface area contributed by atoms with Crippen LogP contribution in [0.2, 0.25) is 0 Å². The number of sulfonamides is 1. The molecule has 186 valence electrons. The van der Waals surface area contributed by atoms with Gasteiger partial charge in [0.15, 0.2) is 23.0 Å². The Balaban J connectivity index is 2.03. The van der Waals surface area contributed by atoms with Gasteiger partial charge in [0.2, 0.25) is 5.75 Å². The van der Waals surface area contributed by atoms with Gasteiger partial charge in [0.25, 0.3) is 10.0 Å². The summed E-state index contributed by atoms with van der Waals surface area (Å²) < 4.78 is 55.0. The summed E-state index contributed by atoms with van der Waals surface area (Å²) in [5.41, 5.74) is 1.30. The standard InChI is InChI=1S/C25H27NO8S/c1-30-18-8-10-19(11-9-18)35(28,29)26-20-15-22(31-2)21(27)14-17(20)7-6-16-12-23(32-3)25(34-5)24(13-16)33-4/h6-15,26-27H,1-5H3. The molecule has 0 aliphatic heterocycles. The highest BCUT2D eigenvalue weighted by Crippen LogP contribution is 2.39. The number of hydrogen-bond donors (Lipinski definition) is 2. The van der Waals surface area contributed by atoms with Crippen LogP contribution in [-0.4, -0.2) is 49.1 Å². The van der Waals surface area contributed by atoms with Crippen LogP contribution < -0.4 is 28.4 Å². The van der Waals surface area contributed by atoms with Gasteiger partial charge in [-0.05, 0) is 48.0 Å². The highest BCUT2D eigenvalue weighted by atomic mass is 32.2. The molecule has 0 aliphatic rings. The van der Waals surface area contributed by atoms with Crippen molar-refractivity contribution in [2.75, 3.05) is 40.3 Å². The molecule has 0 aromatic heterocycles. The maximum atomic E-state index is 13.0. The van der Waals surface area contributed by atoms with Crippen molar-refractivity contribution in [1.82, 2.24) is 0 Å². The number of phenols is 1. The van der Waals surface area contributed by atoms with E-state index in [9.17, 15) is 13.5 Å². The third-order valence-corrected chi connectivity index (χ3v) is 6.49. The molecule has 9 nitrogen and oxygen atoms in total. The molecule has 0 fully saturated rings. The lowest BCUT2D eigenvalue weighted by atomic mass is 10.1. The molecule has 0 unspecified atom stereocenters. The predicted octanol–water partition coefficient (Wildman–Crippen LogP) is 4.41. The van der Waals surface area contributed by atoms with Gasteiger partial charge in [0.1, 0.15) is 5.75 Å². The Morgan fingerprint density at radius 1 is 0.743 bits per heavy atom. The first-order valence-electron chi connectivity index (χ1n) is 10.3. The van der Waals surface area contributed by atoms with Crippen molar-refractivity contribution in [3.05, 3.63) is 59.7 Å². The summed E-state index contributed by atoms with van der Waals surface area (Å²) >= 11 is 0. The largest absolute Gasteiger partial charge is 0.504 e. The second kappa shape index (κ2) is 10.9. The van der Waals surface area contributed by atoms with Crippen LogP contribution in [-0.2, 0) is 10.0 Å². The number of phenolic OH excluding ortho intramolecular Hbond substituents is 1. The van der Waals surface area contributed by atoms with Gasteiger partial charge in [-0.2, -0.15) is 0 Å². The zero-order valence-electron chi connectivity index (χ0n) is 20.0. The molecule has 0 saturated carbocycles. The fourth-order valence-corrected chi connectivity index (χ4v) is 4.40. The molecule has 0 spiro atoms. The van der Waals surface area contributed by atoms with E-state index in [1.54, 1.807) is 36.4 Å². The van der Waals surface area contributed by atoms with Crippen molar-refractivity contribution in [3.63, 3.8) is 0 Å². The third kappa shape index (κ3) is 5.72. The van der Waals surface area contributed by atoms with Crippen molar-refractivity contribution in [2.45, 2.75) is 4.90 Å². The Morgan fingerprint density at radius 3 is 1.86 bits per heavy atom. The van der Waals surface area contributed by atoms with E-state index in [0.717, 1.165) is 0 Å². The van der Waals surface area contributed by atoms with Gasteiger partial charge in [-0.3, -0.25) is 4.72 Å². The number of ether oxygens (including phenoxy) is 5. The maximum Gasteiger partial charge on any atom is 0.261 e. The number of nitrogens with one attached hydrogen (secondary N) is 1. The molecule has 10 heteroatoms. The molecule has 0 radical (unpaired) electrons. The third-order valence-electron chi connectivity index (χ3n) is 5.11. The molecule has 0 saturated heterocycles. The van der Waals surface area contributed by atoms with Gasteiger partial charge in [0, 0.05) is 11.6 Å². The second-order valence-electron chi connectivity index (χ2n) is 7.18. The van der Waals surface area contributed by atoms with Crippen LogP contribution >= 0.6 is 0 Å². The van der Waals surface area contributed by atoms with Crippen LogP contribution in [0.1, 0.15) is 11.1 Å². The minimum atomic E-state index is -3.95. The summed E-state index contributed by atoms with van der Waals surface area (Å²) in [6.45, 7) is 0. The quantitative estimate of drug-likeness (QED) is 0.310. The Kier molecular flexibility index (Phi) is 7.98. The minimum absolute atomic E-state index is 0.0462. The molecule has 0 heterocycles. The summed E-state index contributed by atoms with van der Waals surface area (Å²) in [6, 6.07) is 12.3. The molecule has 0 atom stereocenters. The number of benzene rings is 3. The molecule has 2 N–H and O–H groups in total. The first-order chi connectivity index (χ1) is 16.8. The highest BCUT2D eigenvalue weighted by Gasteiger charge is 2.18. The van der Waals surface area contributed by atoms with Crippen LogP contribution in [0.3, 0.4) is 0 Å². The highest BCUT2D eigenvalue weighted by molar-refractivity contribution is 7.92. The van der Waals surface area contributed by atoms with Crippen molar-refractivity contribution in [1.29, 1.82) is 0 Å². The van der Waals surface area contributed by atoms with E-state index in [-0.39, 0.29) is 22.1 Å². The van der Waals surface area contributed by atoms with E-state index >= 15 is 0 Å². The summed E-state index contributed by atoms with van der Waals surface area (Å²) in [4.78, 5) is 0.0462. The predicted molar refractivity (Wildman–Crippen MR) is 133 cm³/mol.